The second kappa shape index (κ2) is 12.2. The average Bonchev–Trinajstić information content (AvgIpc) is 3.60. The molecular weight excluding hydrogens is 529 g/mol. The predicted octanol–water partition coefficient (Wildman–Crippen LogP) is 5.32. The lowest BCUT2D eigenvalue weighted by atomic mass is 9.89. The van der Waals surface area contributed by atoms with Crippen molar-refractivity contribution in [3.63, 3.8) is 0 Å². The topological polar surface area (TPSA) is 93.0 Å². The first-order chi connectivity index (χ1) is 20.4. The number of hydrogen-bond acceptors (Lipinski definition) is 3. The van der Waals surface area contributed by atoms with E-state index in [0.29, 0.717) is 18.9 Å². The number of carbonyl (C=O) groups excluding carboxylic acids is 2. The van der Waals surface area contributed by atoms with Crippen LogP contribution in [0.1, 0.15) is 41.0 Å². The van der Waals surface area contributed by atoms with Gasteiger partial charge in [0.05, 0.1) is 6.54 Å². The van der Waals surface area contributed by atoms with Crippen LogP contribution in [0.3, 0.4) is 0 Å². The Morgan fingerprint density at radius 2 is 1.67 bits per heavy atom. The van der Waals surface area contributed by atoms with Gasteiger partial charge < -0.3 is 20.6 Å². The molecular formula is C34H36FN5O2. The van der Waals surface area contributed by atoms with Crippen LogP contribution < -0.4 is 10.6 Å². The number of aryl methyl sites for hydroxylation is 1. The molecule has 1 atom stereocenters. The highest BCUT2D eigenvalue weighted by molar-refractivity contribution is 5.90. The highest BCUT2D eigenvalue weighted by Gasteiger charge is 2.27. The van der Waals surface area contributed by atoms with E-state index in [-0.39, 0.29) is 24.2 Å². The van der Waals surface area contributed by atoms with Gasteiger partial charge in [-0.25, -0.2) is 4.39 Å². The summed E-state index contributed by atoms with van der Waals surface area (Å²) in [5.74, 6) is -0.301. The highest BCUT2D eigenvalue weighted by atomic mass is 19.1. The summed E-state index contributed by atoms with van der Waals surface area (Å²) in [7, 11) is 0. The summed E-state index contributed by atoms with van der Waals surface area (Å²) in [5, 5.41) is 8.05. The number of fused-ring (bicyclic) bond motifs is 2. The Hall–Kier alpha value is -4.43. The molecule has 8 heteroatoms. The van der Waals surface area contributed by atoms with Gasteiger partial charge in [-0.05, 0) is 85.3 Å². The van der Waals surface area contributed by atoms with Crippen LogP contribution in [-0.2, 0) is 22.6 Å². The Morgan fingerprint density at radius 3 is 2.50 bits per heavy atom. The van der Waals surface area contributed by atoms with Crippen molar-refractivity contribution < 1.29 is 14.0 Å². The molecule has 7 nitrogen and oxygen atoms in total. The molecule has 0 bridgehead atoms. The minimum Gasteiger partial charge on any atom is -0.361 e. The Morgan fingerprint density at radius 1 is 0.929 bits per heavy atom. The fraction of sp³-hybridized carbons (Fsp3) is 0.294. The number of rotatable bonds is 9. The number of nitrogens with one attached hydrogen (secondary N) is 4. The fourth-order valence-corrected chi connectivity index (χ4v) is 6.14. The number of benzene rings is 3. The van der Waals surface area contributed by atoms with Crippen molar-refractivity contribution in [3.05, 3.63) is 107 Å². The molecule has 3 aromatic carbocycles. The molecule has 0 unspecified atom stereocenters. The van der Waals surface area contributed by atoms with Crippen LogP contribution in [0.5, 0.6) is 0 Å². The maximum atomic E-state index is 13.9. The van der Waals surface area contributed by atoms with Gasteiger partial charge in [-0.3, -0.25) is 14.5 Å². The van der Waals surface area contributed by atoms with Crippen molar-refractivity contribution in [3.8, 4) is 0 Å². The molecule has 1 saturated heterocycles. The number of likely N-dealkylation sites (tertiary alicyclic amines) is 1. The molecule has 0 radical (unpaired) electrons. The molecule has 1 aliphatic rings. The second-order valence-corrected chi connectivity index (χ2v) is 11.3. The van der Waals surface area contributed by atoms with Gasteiger partial charge in [0.2, 0.25) is 11.8 Å². The van der Waals surface area contributed by atoms with Gasteiger partial charge in [-0.15, -0.1) is 0 Å². The van der Waals surface area contributed by atoms with Crippen LogP contribution in [-0.4, -0.2) is 52.4 Å². The molecule has 216 valence electrons. The van der Waals surface area contributed by atoms with E-state index in [0.717, 1.165) is 70.0 Å². The summed E-state index contributed by atoms with van der Waals surface area (Å²) >= 11 is 0. The van der Waals surface area contributed by atoms with Gasteiger partial charge >= 0.3 is 0 Å². The molecule has 6 rings (SSSR count). The first-order valence-electron chi connectivity index (χ1n) is 14.6. The zero-order valence-electron chi connectivity index (χ0n) is 23.8. The third-order valence-corrected chi connectivity index (χ3v) is 8.54. The molecule has 0 spiro atoms. The zero-order chi connectivity index (χ0) is 29.1. The van der Waals surface area contributed by atoms with Crippen LogP contribution in [0.25, 0.3) is 21.8 Å². The normalized spacial score (nSPS) is 15.2. The molecule has 4 N–H and O–H groups in total. The summed E-state index contributed by atoms with van der Waals surface area (Å²) in [4.78, 5) is 35.4. The first kappa shape index (κ1) is 27.7. The molecule has 1 fully saturated rings. The van der Waals surface area contributed by atoms with Gasteiger partial charge in [0.1, 0.15) is 11.9 Å². The predicted molar refractivity (Wildman–Crippen MR) is 164 cm³/mol. The summed E-state index contributed by atoms with van der Waals surface area (Å²) in [6.45, 7) is 4.16. The van der Waals surface area contributed by atoms with Gasteiger partial charge in [-0.2, -0.15) is 0 Å². The van der Waals surface area contributed by atoms with E-state index < -0.39 is 6.04 Å². The zero-order valence-corrected chi connectivity index (χ0v) is 23.8. The van der Waals surface area contributed by atoms with E-state index in [1.165, 1.54) is 6.07 Å². The van der Waals surface area contributed by atoms with E-state index in [9.17, 15) is 14.0 Å². The van der Waals surface area contributed by atoms with Crippen LogP contribution >= 0.6 is 0 Å². The standard InChI is InChI=1S/C34H36FN5O2/c1-22-6-2-3-7-24(22)18-38-34(42)32(16-25-19-36-30-9-5-4-8-27(25)30)39-33(41)21-40-14-12-23(13-15-40)29-20-37-31-11-10-26(35)17-28(29)31/h2-11,17,19-20,23,32,36-37H,12-16,18,21H2,1H3,(H,38,42)(H,39,41)/t32-/m1/s1. The molecule has 3 heterocycles. The number of halogens is 1. The summed E-state index contributed by atoms with van der Waals surface area (Å²) < 4.78 is 13.9. The number of amides is 2. The van der Waals surface area contributed by atoms with Gasteiger partial charge in [0, 0.05) is 47.2 Å². The van der Waals surface area contributed by atoms with Crippen molar-refractivity contribution in [2.75, 3.05) is 19.6 Å². The van der Waals surface area contributed by atoms with Crippen LogP contribution in [0.2, 0.25) is 0 Å². The molecule has 5 aromatic rings. The number of aromatic nitrogens is 2. The maximum Gasteiger partial charge on any atom is 0.243 e. The number of aromatic amines is 2. The van der Waals surface area contributed by atoms with Crippen molar-refractivity contribution in [2.45, 2.75) is 44.7 Å². The Labute approximate surface area is 244 Å². The lowest BCUT2D eigenvalue weighted by molar-refractivity contribution is -0.129. The van der Waals surface area contributed by atoms with Crippen LogP contribution in [0.4, 0.5) is 4.39 Å². The van der Waals surface area contributed by atoms with Crippen LogP contribution in [0.15, 0.2) is 79.1 Å². The first-order valence-corrected chi connectivity index (χ1v) is 14.6. The van der Waals surface area contributed by atoms with Crippen molar-refractivity contribution in [1.82, 2.24) is 25.5 Å². The second-order valence-electron chi connectivity index (χ2n) is 11.3. The smallest absolute Gasteiger partial charge is 0.243 e. The third-order valence-electron chi connectivity index (χ3n) is 8.54. The van der Waals surface area contributed by atoms with E-state index >= 15 is 0 Å². The van der Waals surface area contributed by atoms with Gasteiger partial charge in [-0.1, -0.05) is 42.5 Å². The van der Waals surface area contributed by atoms with E-state index in [1.54, 1.807) is 12.1 Å². The average molecular weight is 566 g/mol. The molecule has 2 aromatic heterocycles. The monoisotopic (exact) mass is 565 g/mol. The lowest BCUT2D eigenvalue weighted by Crippen LogP contribution is -2.51. The van der Waals surface area contributed by atoms with E-state index in [1.807, 2.05) is 67.8 Å². The van der Waals surface area contributed by atoms with Gasteiger partial charge in [0.25, 0.3) is 0 Å². The maximum absolute atomic E-state index is 13.9. The quantitative estimate of drug-likeness (QED) is 0.195. The Kier molecular flexibility index (Phi) is 8.06. The largest absolute Gasteiger partial charge is 0.361 e. The Balaban J connectivity index is 1.10. The lowest BCUT2D eigenvalue weighted by Gasteiger charge is -2.31. The summed E-state index contributed by atoms with van der Waals surface area (Å²) in [6.07, 6.45) is 6.05. The number of nitrogens with zero attached hydrogens (tertiary/aromatic N) is 1. The Bertz CT molecular complexity index is 1720. The molecule has 2 amide bonds. The molecule has 42 heavy (non-hydrogen) atoms. The number of para-hydroxylation sites is 1. The van der Waals surface area contributed by atoms with E-state index in [2.05, 4.69) is 25.5 Å². The van der Waals surface area contributed by atoms with Gasteiger partial charge in [0.15, 0.2) is 0 Å². The van der Waals surface area contributed by atoms with Crippen molar-refractivity contribution >= 4 is 33.6 Å². The number of piperidine rings is 1. The fourth-order valence-electron chi connectivity index (χ4n) is 6.14. The molecule has 0 saturated carbocycles. The molecule has 0 aliphatic carbocycles. The summed E-state index contributed by atoms with van der Waals surface area (Å²) in [5.41, 5.74) is 6.21. The highest BCUT2D eigenvalue weighted by Crippen LogP contribution is 2.33. The summed E-state index contributed by atoms with van der Waals surface area (Å²) in [6, 6.07) is 20.1. The molecule has 1 aliphatic heterocycles. The number of H-pyrrole nitrogens is 2. The third kappa shape index (κ3) is 6.09. The minimum atomic E-state index is -0.709. The minimum absolute atomic E-state index is 0.168. The van der Waals surface area contributed by atoms with Crippen molar-refractivity contribution in [2.24, 2.45) is 0 Å². The number of hydrogen-bond donors (Lipinski definition) is 4. The number of carbonyl (C=O) groups is 2. The SMILES string of the molecule is Cc1ccccc1CNC(=O)[C@@H](Cc1c[nH]c2ccccc12)NC(=O)CN1CCC(c2c[nH]c3ccc(F)cc23)CC1. The van der Waals surface area contributed by atoms with Crippen LogP contribution in [0, 0.1) is 12.7 Å². The van der Waals surface area contributed by atoms with E-state index in [4.69, 9.17) is 0 Å². The van der Waals surface area contributed by atoms with Crippen molar-refractivity contribution in [1.29, 1.82) is 0 Å².